The minimum Gasteiger partial charge on any atom is -0.483 e. The van der Waals surface area contributed by atoms with Gasteiger partial charge in [0.1, 0.15) is 12.3 Å². The molecular formula is C18H25N3O4. The third-order valence-electron chi connectivity index (χ3n) is 4.10. The molecule has 1 fully saturated rings. The van der Waals surface area contributed by atoms with Crippen molar-refractivity contribution < 1.29 is 19.1 Å². The summed E-state index contributed by atoms with van der Waals surface area (Å²) in [5.41, 5.74) is 6.52. The lowest BCUT2D eigenvalue weighted by atomic mass is 10.1. The maximum Gasteiger partial charge on any atom is 0.276 e. The Bertz CT molecular complexity index is 625. The van der Waals surface area contributed by atoms with Crippen LogP contribution in [-0.2, 0) is 14.4 Å². The van der Waals surface area contributed by atoms with Crippen LogP contribution in [0, 0.1) is 13.8 Å². The molecule has 2 rings (SSSR count). The molecule has 1 aromatic rings. The number of carbonyl (C=O) groups is 3. The van der Waals surface area contributed by atoms with Crippen LogP contribution in [0.4, 0.5) is 0 Å². The van der Waals surface area contributed by atoms with E-state index in [0.29, 0.717) is 18.7 Å². The Morgan fingerprint density at radius 2 is 1.76 bits per heavy atom. The molecule has 1 aliphatic heterocycles. The Morgan fingerprint density at radius 3 is 2.48 bits per heavy atom. The average Bonchev–Trinajstić information content (AvgIpc) is 2.77. The first-order valence-electron chi connectivity index (χ1n) is 8.52. The van der Waals surface area contributed by atoms with Crippen LogP contribution in [0.25, 0.3) is 0 Å². The monoisotopic (exact) mass is 347 g/mol. The molecule has 0 aromatic heterocycles. The van der Waals surface area contributed by atoms with Gasteiger partial charge in [-0.15, -0.1) is 0 Å². The number of amides is 3. The number of hydrazine groups is 1. The molecule has 7 heteroatoms. The third kappa shape index (κ3) is 5.77. The third-order valence-corrected chi connectivity index (χ3v) is 4.10. The predicted molar refractivity (Wildman–Crippen MR) is 92.7 cm³/mol. The maximum atomic E-state index is 11.9. The number of aryl methyl sites for hydroxylation is 2. The van der Waals surface area contributed by atoms with E-state index in [9.17, 15) is 14.4 Å². The Morgan fingerprint density at radius 1 is 1.08 bits per heavy atom. The predicted octanol–water partition coefficient (Wildman–Crippen LogP) is 1.23. The summed E-state index contributed by atoms with van der Waals surface area (Å²) in [5, 5.41) is 0. The molecule has 0 spiro atoms. The van der Waals surface area contributed by atoms with Crippen molar-refractivity contribution in [2.45, 2.75) is 39.5 Å². The first kappa shape index (κ1) is 18.8. The van der Waals surface area contributed by atoms with Crippen molar-refractivity contribution in [2.75, 3.05) is 19.7 Å². The van der Waals surface area contributed by atoms with Gasteiger partial charge in [0, 0.05) is 13.0 Å². The molecule has 25 heavy (non-hydrogen) atoms. The van der Waals surface area contributed by atoms with Gasteiger partial charge in [-0.2, -0.15) is 0 Å². The van der Waals surface area contributed by atoms with Gasteiger partial charge in [0.25, 0.3) is 11.8 Å². The normalized spacial score (nSPS) is 14.6. The lowest BCUT2D eigenvalue weighted by Crippen LogP contribution is -2.48. The average molecular weight is 347 g/mol. The zero-order valence-electron chi connectivity index (χ0n) is 14.8. The molecule has 7 nitrogen and oxygen atoms in total. The van der Waals surface area contributed by atoms with Gasteiger partial charge in [-0.25, -0.2) is 0 Å². The smallest absolute Gasteiger partial charge is 0.276 e. The fraction of sp³-hybridized carbons (Fsp3) is 0.500. The first-order chi connectivity index (χ1) is 12.0. The van der Waals surface area contributed by atoms with Crippen molar-refractivity contribution in [2.24, 2.45) is 0 Å². The number of rotatable bonds is 5. The molecule has 1 aliphatic rings. The Hall–Kier alpha value is -2.57. The highest BCUT2D eigenvalue weighted by molar-refractivity contribution is 5.87. The zero-order valence-corrected chi connectivity index (χ0v) is 14.8. The minimum atomic E-state index is -0.460. The van der Waals surface area contributed by atoms with Crippen LogP contribution in [0.1, 0.15) is 36.8 Å². The molecule has 3 amide bonds. The van der Waals surface area contributed by atoms with E-state index in [0.717, 1.165) is 30.4 Å². The summed E-state index contributed by atoms with van der Waals surface area (Å²) >= 11 is 0. The van der Waals surface area contributed by atoms with Crippen LogP contribution in [-0.4, -0.2) is 42.3 Å². The molecule has 1 aromatic carbocycles. The zero-order chi connectivity index (χ0) is 18.2. The first-order valence-corrected chi connectivity index (χ1v) is 8.52. The molecule has 0 atom stereocenters. The second-order valence-corrected chi connectivity index (χ2v) is 6.23. The van der Waals surface area contributed by atoms with Gasteiger partial charge >= 0.3 is 0 Å². The fourth-order valence-electron chi connectivity index (χ4n) is 2.76. The van der Waals surface area contributed by atoms with Crippen LogP contribution in [0.5, 0.6) is 5.75 Å². The van der Waals surface area contributed by atoms with Crippen molar-refractivity contribution in [3.63, 3.8) is 0 Å². The van der Waals surface area contributed by atoms with Crippen LogP contribution in [0.15, 0.2) is 18.2 Å². The molecule has 1 heterocycles. The van der Waals surface area contributed by atoms with Crippen LogP contribution >= 0.6 is 0 Å². The van der Waals surface area contributed by atoms with Crippen LogP contribution < -0.4 is 15.6 Å². The molecule has 136 valence electrons. The van der Waals surface area contributed by atoms with Crippen LogP contribution in [0.2, 0.25) is 0 Å². The number of likely N-dealkylation sites (tertiary alicyclic amines) is 1. The van der Waals surface area contributed by atoms with E-state index in [4.69, 9.17) is 4.74 Å². The van der Waals surface area contributed by atoms with E-state index in [-0.39, 0.29) is 19.1 Å². The van der Waals surface area contributed by atoms with E-state index < -0.39 is 11.8 Å². The Labute approximate surface area is 147 Å². The number of ether oxygens (including phenoxy) is 1. The molecule has 2 N–H and O–H groups in total. The highest BCUT2D eigenvalue weighted by atomic mass is 16.5. The van der Waals surface area contributed by atoms with Crippen molar-refractivity contribution in [1.82, 2.24) is 15.8 Å². The maximum absolute atomic E-state index is 11.9. The van der Waals surface area contributed by atoms with Crippen molar-refractivity contribution in [3.05, 3.63) is 29.3 Å². The highest BCUT2D eigenvalue weighted by Gasteiger charge is 2.19. The van der Waals surface area contributed by atoms with E-state index in [2.05, 4.69) is 10.9 Å². The number of nitrogens with one attached hydrogen (secondary N) is 2. The van der Waals surface area contributed by atoms with Crippen molar-refractivity contribution >= 4 is 17.7 Å². The highest BCUT2D eigenvalue weighted by Crippen LogP contribution is 2.21. The lowest BCUT2D eigenvalue weighted by molar-refractivity contribution is -0.136. The quantitative estimate of drug-likeness (QED) is 0.784. The van der Waals surface area contributed by atoms with E-state index in [1.165, 1.54) is 4.90 Å². The van der Waals surface area contributed by atoms with Gasteiger partial charge in [-0.05, 0) is 37.8 Å². The van der Waals surface area contributed by atoms with Gasteiger partial charge in [0.2, 0.25) is 5.91 Å². The van der Waals surface area contributed by atoms with Crippen molar-refractivity contribution in [3.8, 4) is 5.75 Å². The summed E-state index contributed by atoms with van der Waals surface area (Å²) in [7, 11) is 0. The summed E-state index contributed by atoms with van der Waals surface area (Å²) in [6.07, 6.45) is 3.23. The number of para-hydroxylation sites is 1. The molecule has 0 aliphatic carbocycles. The van der Waals surface area contributed by atoms with Gasteiger partial charge in [-0.1, -0.05) is 24.6 Å². The van der Waals surface area contributed by atoms with Crippen LogP contribution in [0.3, 0.4) is 0 Å². The van der Waals surface area contributed by atoms with E-state index in [1.807, 2.05) is 32.0 Å². The van der Waals surface area contributed by atoms with E-state index >= 15 is 0 Å². The number of hydrogen-bond donors (Lipinski definition) is 2. The lowest BCUT2D eigenvalue weighted by Gasteiger charge is -2.20. The second-order valence-electron chi connectivity index (χ2n) is 6.23. The SMILES string of the molecule is Cc1cccc(C)c1OCC(=O)NNC(=O)CN1CCCCCC1=O. The number of benzene rings is 1. The largest absolute Gasteiger partial charge is 0.483 e. The standard InChI is InChI=1S/C18H25N3O4/c1-13-7-6-8-14(2)18(13)25-12-16(23)20-19-15(22)11-21-10-5-3-4-9-17(21)24/h6-8H,3-5,9-12H2,1-2H3,(H,19,22)(H,20,23). The Balaban J connectivity index is 1.74. The number of hydrogen-bond acceptors (Lipinski definition) is 4. The summed E-state index contributed by atoms with van der Waals surface area (Å²) in [6, 6.07) is 5.72. The molecule has 0 bridgehead atoms. The summed E-state index contributed by atoms with van der Waals surface area (Å²) < 4.78 is 5.52. The molecule has 0 radical (unpaired) electrons. The molecular weight excluding hydrogens is 322 g/mol. The molecule has 0 saturated carbocycles. The van der Waals surface area contributed by atoms with Gasteiger partial charge in [0.05, 0.1) is 0 Å². The molecule has 1 saturated heterocycles. The van der Waals surface area contributed by atoms with Gasteiger partial charge < -0.3 is 9.64 Å². The Kier molecular flexibility index (Phi) is 6.80. The van der Waals surface area contributed by atoms with E-state index in [1.54, 1.807) is 0 Å². The van der Waals surface area contributed by atoms with Crippen molar-refractivity contribution in [1.29, 1.82) is 0 Å². The van der Waals surface area contributed by atoms with Gasteiger partial charge in [0.15, 0.2) is 6.61 Å². The minimum absolute atomic E-state index is 0.0164. The number of nitrogens with zero attached hydrogens (tertiary/aromatic N) is 1. The molecule has 0 unspecified atom stereocenters. The summed E-state index contributed by atoms with van der Waals surface area (Å²) in [6.45, 7) is 4.14. The topological polar surface area (TPSA) is 87.7 Å². The number of carbonyl (C=O) groups excluding carboxylic acids is 3. The second kappa shape index (κ2) is 9.05. The summed E-state index contributed by atoms with van der Waals surface area (Å²) in [5.74, 6) is -0.231. The van der Waals surface area contributed by atoms with Gasteiger partial charge in [-0.3, -0.25) is 25.2 Å². The summed E-state index contributed by atoms with van der Waals surface area (Å²) in [4.78, 5) is 37.1. The fourth-order valence-corrected chi connectivity index (χ4v) is 2.76.